The lowest BCUT2D eigenvalue weighted by atomic mass is 10.1. The molecule has 1 atom stereocenters. The van der Waals surface area contributed by atoms with E-state index in [1.54, 1.807) is 4.90 Å². The van der Waals surface area contributed by atoms with E-state index in [9.17, 15) is 4.79 Å². The number of carbonyl (C=O) groups excluding carboxylic acids is 1. The Bertz CT molecular complexity index is 1360. The number of aryl methyl sites for hydroxylation is 1. The molecule has 4 rings (SSSR count). The molecule has 38 heavy (non-hydrogen) atoms. The lowest BCUT2D eigenvalue weighted by Crippen LogP contribution is -2.36. The molecule has 8 heteroatoms. The van der Waals surface area contributed by atoms with Crippen LogP contribution in [0.3, 0.4) is 0 Å². The molecule has 0 N–H and O–H groups in total. The van der Waals surface area contributed by atoms with Gasteiger partial charge in [0, 0.05) is 10.5 Å². The Morgan fingerprint density at radius 2 is 1.74 bits per heavy atom. The number of amidine groups is 1. The molecule has 1 aliphatic rings. The first-order valence-electron chi connectivity index (χ1n) is 12.5. The molecular formula is C30H30Br2N2O3S. The molecule has 1 heterocycles. The second kappa shape index (κ2) is 13.0. The zero-order valence-electron chi connectivity index (χ0n) is 21.8. The highest BCUT2D eigenvalue weighted by atomic mass is 79.9. The van der Waals surface area contributed by atoms with Crippen LogP contribution < -0.4 is 9.47 Å². The molecule has 3 aromatic carbocycles. The van der Waals surface area contributed by atoms with Crippen LogP contribution in [0.5, 0.6) is 11.5 Å². The maximum Gasteiger partial charge on any atom is 0.266 e. The van der Waals surface area contributed by atoms with Crippen LogP contribution in [0.15, 0.2) is 79.5 Å². The lowest BCUT2D eigenvalue weighted by Gasteiger charge is -2.22. The molecule has 1 fully saturated rings. The van der Waals surface area contributed by atoms with E-state index in [0.29, 0.717) is 34.8 Å². The van der Waals surface area contributed by atoms with Crippen molar-refractivity contribution in [3.05, 3.63) is 91.2 Å². The molecular weight excluding hydrogens is 628 g/mol. The highest BCUT2D eigenvalue weighted by molar-refractivity contribution is 9.10. The number of hydrogen-bond donors (Lipinski definition) is 0. The van der Waals surface area contributed by atoms with Crippen molar-refractivity contribution < 1.29 is 14.3 Å². The zero-order valence-corrected chi connectivity index (χ0v) is 25.8. The minimum Gasteiger partial charge on any atom is -0.490 e. The van der Waals surface area contributed by atoms with E-state index in [1.807, 2.05) is 87.5 Å². The summed E-state index contributed by atoms with van der Waals surface area (Å²) in [4.78, 5) is 20.7. The van der Waals surface area contributed by atoms with Gasteiger partial charge in [-0.2, -0.15) is 0 Å². The third-order valence-corrected chi connectivity index (χ3v) is 8.15. The second-order valence-electron chi connectivity index (χ2n) is 8.95. The Kier molecular flexibility index (Phi) is 9.74. The number of carbonyl (C=O) groups is 1. The van der Waals surface area contributed by atoms with Crippen LogP contribution in [0.4, 0.5) is 5.69 Å². The summed E-state index contributed by atoms with van der Waals surface area (Å²) in [5.74, 6) is 1.21. The molecule has 5 nitrogen and oxygen atoms in total. The number of benzene rings is 3. The summed E-state index contributed by atoms with van der Waals surface area (Å²) in [5.41, 5.74) is 3.89. The van der Waals surface area contributed by atoms with Crippen LogP contribution in [0.2, 0.25) is 0 Å². The van der Waals surface area contributed by atoms with Crippen LogP contribution in [0.1, 0.15) is 43.9 Å². The summed E-state index contributed by atoms with van der Waals surface area (Å²) in [6.45, 7) is 9.00. The maximum absolute atomic E-state index is 13.5. The summed E-state index contributed by atoms with van der Waals surface area (Å²) in [6, 6.07) is 19.9. The predicted octanol–water partition coefficient (Wildman–Crippen LogP) is 8.90. The van der Waals surface area contributed by atoms with Crippen molar-refractivity contribution in [3.63, 3.8) is 0 Å². The van der Waals surface area contributed by atoms with Crippen molar-refractivity contribution in [1.29, 1.82) is 0 Å². The molecule has 1 saturated heterocycles. The van der Waals surface area contributed by atoms with Crippen molar-refractivity contribution in [1.82, 2.24) is 4.90 Å². The molecule has 0 spiro atoms. The molecule has 0 bridgehead atoms. The van der Waals surface area contributed by atoms with Gasteiger partial charge in [0.2, 0.25) is 0 Å². The van der Waals surface area contributed by atoms with Gasteiger partial charge in [-0.15, -0.1) is 0 Å². The summed E-state index contributed by atoms with van der Waals surface area (Å²) in [6.07, 6.45) is 2.72. The van der Waals surface area contributed by atoms with Gasteiger partial charge in [-0.1, -0.05) is 52.7 Å². The Hall–Kier alpha value is -2.55. The van der Waals surface area contributed by atoms with Crippen molar-refractivity contribution in [2.24, 2.45) is 4.99 Å². The molecule has 0 saturated carbocycles. The predicted molar refractivity (Wildman–Crippen MR) is 164 cm³/mol. The smallest absolute Gasteiger partial charge is 0.266 e. The average molecular weight is 658 g/mol. The number of halogens is 2. The van der Waals surface area contributed by atoms with Gasteiger partial charge < -0.3 is 9.47 Å². The van der Waals surface area contributed by atoms with Crippen LogP contribution in [-0.4, -0.2) is 28.6 Å². The topological polar surface area (TPSA) is 51.1 Å². The highest BCUT2D eigenvalue weighted by Crippen LogP contribution is 2.40. The molecule has 0 aromatic heterocycles. The Morgan fingerprint density at radius 1 is 1.03 bits per heavy atom. The van der Waals surface area contributed by atoms with E-state index in [1.165, 1.54) is 17.3 Å². The first-order chi connectivity index (χ1) is 18.3. The maximum atomic E-state index is 13.5. The Morgan fingerprint density at radius 3 is 2.39 bits per heavy atom. The fraction of sp³-hybridized carbons (Fsp3) is 0.267. The normalized spacial score (nSPS) is 16.4. The number of hydrogen-bond acceptors (Lipinski definition) is 5. The molecule has 3 aromatic rings. The fourth-order valence-corrected chi connectivity index (χ4v) is 5.76. The number of nitrogens with zero attached hydrogens (tertiary/aromatic N) is 2. The molecule has 198 valence electrons. The van der Waals surface area contributed by atoms with E-state index in [4.69, 9.17) is 14.5 Å². The van der Waals surface area contributed by atoms with Gasteiger partial charge in [-0.05, 0) is 108 Å². The van der Waals surface area contributed by atoms with Crippen molar-refractivity contribution >= 4 is 66.5 Å². The third kappa shape index (κ3) is 6.90. The fourth-order valence-electron chi connectivity index (χ4n) is 3.83. The first kappa shape index (κ1) is 28.5. The average Bonchev–Trinajstić information content (AvgIpc) is 3.19. The first-order valence-corrected chi connectivity index (χ1v) is 14.9. The van der Waals surface area contributed by atoms with Gasteiger partial charge in [0.15, 0.2) is 16.7 Å². The van der Waals surface area contributed by atoms with Gasteiger partial charge in [0.05, 0.1) is 21.7 Å². The van der Waals surface area contributed by atoms with Gasteiger partial charge in [-0.3, -0.25) is 9.69 Å². The Balaban J connectivity index is 1.64. The van der Waals surface area contributed by atoms with Gasteiger partial charge in [-0.25, -0.2) is 4.99 Å². The lowest BCUT2D eigenvalue weighted by molar-refractivity contribution is -0.123. The number of amides is 1. The van der Waals surface area contributed by atoms with Crippen LogP contribution in [0, 0.1) is 6.92 Å². The van der Waals surface area contributed by atoms with E-state index >= 15 is 0 Å². The van der Waals surface area contributed by atoms with Crippen molar-refractivity contribution in [2.75, 3.05) is 6.61 Å². The van der Waals surface area contributed by atoms with E-state index in [0.717, 1.165) is 32.2 Å². The molecule has 0 aliphatic carbocycles. The van der Waals surface area contributed by atoms with E-state index in [-0.39, 0.29) is 11.9 Å². The molecule has 1 amide bonds. The summed E-state index contributed by atoms with van der Waals surface area (Å²) < 4.78 is 13.8. The quantitative estimate of drug-likeness (QED) is 0.216. The number of aliphatic imine (C=N–C) groups is 1. The molecule has 0 unspecified atom stereocenters. The number of ether oxygens (including phenoxy) is 2. The standard InChI is InChI=1S/C30H30Br2N2O3S/c1-5-20(4)34-29(35)27(38-30(34)33-24-13-7-19(3)8-14-24)17-22-15-25(32)28(26(16-22)36-6-2)37-18-21-9-11-23(31)12-10-21/h7-17,20H,5-6,18H2,1-4H3/b27-17+,33-30?/t20-/m0/s1. The highest BCUT2D eigenvalue weighted by Gasteiger charge is 2.36. The number of thioether (sulfide) groups is 1. The van der Waals surface area contributed by atoms with Crippen LogP contribution in [-0.2, 0) is 11.4 Å². The zero-order chi connectivity index (χ0) is 27.2. The van der Waals surface area contributed by atoms with Gasteiger partial charge in [0.1, 0.15) is 6.61 Å². The van der Waals surface area contributed by atoms with Crippen molar-refractivity contribution in [3.8, 4) is 11.5 Å². The van der Waals surface area contributed by atoms with E-state index < -0.39 is 0 Å². The van der Waals surface area contributed by atoms with Crippen molar-refractivity contribution in [2.45, 2.75) is 46.8 Å². The van der Waals surface area contributed by atoms with E-state index in [2.05, 4.69) is 38.8 Å². The summed E-state index contributed by atoms with van der Waals surface area (Å²) in [5, 5.41) is 0.693. The molecule has 0 radical (unpaired) electrons. The van der Waals surface area contributed by atoms with Crippen LogP contribution >= 0.6 is 43.6 Å². The number of rotatable bonds is 9. The minimum atomic E-state index is -0.0418. The molecule has 1 aliphatic heterocycles. The summed E-state index contributed by atoms with van der Waals surface area (Å²) in [7, 11) is 0. The van der Waals surface area contributed by atoms with Gasteiger partial charge >= 0.3 is 0 Å². The van der Waals surface area contributed by atoms with Gasteiger partial charge in [0.25, 0.3) is 5.91 Å². The SMILES string of the molecule is CCOc1cc(/C=C2/SC(=Nc3ccc(C)cc3)N([C@@H](C)CC)C2=O)cc(Br)c1OCc1ccc(Br)cc1. The third-order valence-electron chi connectivity index (χ3n) is 6.05. The Labute approximate surface area is 245 Å². The monoisotopic (exact) mass is 656 g/mol. The summed E-state index contributed by atoms with van der Waals surface area (Å²) >= 11 is 8.52. The second-order valence-corrected chi connectivity index (χ2v) is 11.7. The largest absolute Gasteiger partial charge is 0.490 e. The minimum absolute atomic E-state index is 0.0326. The van der Waals surface area contributed by atoms with Crippen LogP contribution in [0.25, 0.3) is 6.08 Å².